The molecule has 2 unspecified atom stereocenters. The zero-order valence-corrected chi connectivity index (χ0v) is 7.18. The molecule has 0 N–H and O–H groups in total. The van der Waals surface area contributed by atoms with Crippen LogP contribution in [0.3, 0.4) is 0 Å². The van der Waals surface area contributed by atoms with Gasteiger partial charge in [0.2, 0.25) is 0 Å². The summed E-state index contributed by atoms with van der Waals surface area (Å²) < 4.78 is 10.8. The fourth-order valence-corrected chi connectivity index (χ4v) is 0.951. The van der Waals surface area contributed by atoms with Gasteiger partial charge in [0.25, 0.3) is 0 Å². The third-order valence-electron chi connectivity index (χ3n) is 1.55. The lowest BCUT2D eigenvalue weighted by Crippen LogP contribution is -2.48. The van der Waals surface area contributed by atoms with Crippen molar-refractivity contribution in [3.05, 3.63) is 0 Å². The second-order valence-electron chi connectivity index (χ2n) is 3.81. The first-order valence-corrected chi connectivity index (χ1v) is 3.78. The van der Waals surface area contributed by atoms with Crippen LogP contribution in [0.4, 0.5) is 0 Å². The van der Waals surface area contributed by atoms with Gasteiger partial charge in [0, 0.05) is 0 Å². The highest BCUT2D eigenvalue weighted by molar-refractivity contribution is 4.78. The van der Waals surface area contributed by atoms with E-state index < -0.39 is 0 Å². The van der Waals surface area contributed by atoms with Crippen LogP contribution < -0.4 is 0 Å². The topological polar surface area (TPSA) is 18.5 Å². The van der Waals surface area contributed by atoms with E-state index in [0.717, 1.165) is 6.61 Å². The van der Waals surface area contributed by atoms with Gasteiger partial charge in [-0.15, -0.1) is 0 Å². The van der Waals surface area contributed by atoms with E-state index in [-0.39, 0.29) is 5.60 Å². The Kier molecular flexibility index (Phi) is 2.02. The molecule has 10 heavy (non-hydrogen) atoms. The Labute approximate surface area is 62.5 Å². The summed E-state index contributed by atoms with van der Waals surface area (Å²) >= 11 is 0. The molecule has 0 aliphatic carbocycles. The molecule has 1 aliphatic rings. The van der Waals surface area contributed by atoms with Gasteiger partial charge < -0.3 is 9.47 Å². The van der Waals surface area contributed by atoms with Crippen LogP contribution in [0.5, 0.6) is 0 Å². The van der Waals surface area contributed by atoms with Gasteiger partial charge >= 0.3 is 0 Å². The summed E-state index contributed by atoms with van der Waals surface area (Å²) in [5, 5.41) is 0. The summed E-state index contributed by atoms with van der Waals surface area (Å²) in [5.74, 6) is 0. The molecule has 60 valence electrons. The van der Waals surface area contributed by atoms with Crippen molar-refractivity contribution in [2.45, 2.75) is 45.5 Å². The lowest BCUT2D eigenvalue weighted by Gasteiger charge is -2.38. The zero-order valence-electron chi connectivity index (χ0n) is 7.18. The normalized spacial score (nSPS) is 33.6. The average Bonchev–Trinajstić information content (AvgIpc) is 1.78. The summed E-state index contributed by atoms with van der Waals surface area (Å²) in [6, 6.07) is 0. The van der Waals surface area contributed by atoms with Crippen LogP contribution in [-0.2, 0) is 9.47 Å². The molecule has 0 bridgehead atoms. The van der Waals surface area contributed by atoms with Gasteiger partial charge in [-0.25, -0.2) is 0 Å². The minimum Gasteiger partial charge on any atom is -0.373 e. The van der Waals surface area contributed by atoms with E-state index in [1.54, 1.807) is 0 Å². The van der Waals surface area contributed by atoms with Crippen molar-refractivity contribution in [1.82, 2.24) is 0 Å². The molecule has 0 spiro atoms. The summed E-state index contributed by atoms with van der Waals surface area (Å²) in [5.41, 5.74) is -0.0251. The van der Waals surface area contributed by atoms with E-state index in [9.17, 15) is 0 Å². The Morgan fingerprint density at radius 1 is 1.40 bits per heavy atom. The Bertz CT molecular complexity index is 115. The molecule has 1 rings (SSSR count). The molecule has 0 aromatic rings. The molecule has 1 fully saturated rings. The Morgan fingerprint density at radius 2 is 2.00 bits per heavy atom. The van der Waals surface area contributed by atoms with Crippen LogP contribution in [0.1, 0.15) is 27.7 Å². The summed E-state index contributed by atoms with van der Waals surface area (Å²) in [4.78, 5) is 0. The zero-order chi connectivity index (χ0) is 7.78. The average molecular weight is 144 g/mol. The van der Waals surface area contributed by atoms with Crippen molar-refractivity contribution in [3.63, 3.8) is 0 Å². The molecule has 0 aromatic heterocycles. The highest BCUT2D eigenvalue weighted by Gasteiger charge is 2.32. The number of hydrogen-bond acceptors (Lipinski definition) is 2. The van der Waals surface area contributed by atoms with Crippen LogP contribution in [0.15, 0.2) is 0 Å². The van der Waals surface area contributed by atoms with Crippen LogP contribution in [0, 0.1) is 0 Å². The fourth-order valence-electron chi connectivity index (χ4n) is 0.951. The first-order chi connectivity index (χ1) is 4.49. The maximum atomic E-state index is 5.66. The lowest BCUT2D eigenvalue weighted by molar-refractivity contribution is -0.216. The maximum Gasteiger partial charge on any atom is 0.107 e. The van der Waals surface area contributed by atoms with Gasteiger partial charge in [-0.05, 0) is 27.7 Å². The number of rotatable bonds is 1. The third kappa shape index (κ3) is 1.96. The molecular formula is C8H16O2. The van der Waals surface area contributed by atoms with E-state index in [2.05, 4.69) is 20.8 Å². The van der Waals surface area contributed by atoms with E-state index in [4.69, 9.17) is 9.47 Å². The van der Waals surface area contributed by atoms with Gasteiger partial charge in [0.05, 0.1) is 18.3 Å². The van der Waals surface area contributed by atoms with Gasteiger partial charge in [0.15, 0.2) is 0 Å². The molecule has 0 amide bonds. The maximum absolute atomic E-state index is 5.66. The highest BCUT2D eigenvalue weighted by atomic mass is 16.6. The van der Waals surface area contributed by atoms with Crippen LogP contribution in [0.2, 0.25) is 0 Å². The summed E-state index contributed by atoms with van der Waals surface area (Å²) in [7, 11) is 0. The summed E-state index contributed by atoms with van der Waals surface area (Å²) in [6.07, 6.45) is 0.610. The van der Waals surface area contributed by atoms with E-state index in [1.807, 2.05) is 6.92 Å². The van der Waals surface area contributed by atoms with Crippen molar-refractivity contribution < 1.29 is 9.47 Å². The van der Waals surface area contributed by atoms with Crippen LogP contribution >= 0.6 is 0 Å². The minimum atomic E-state index is -0.0251. The Hall–Kier alpha value is -0.0800. The van der Waals surface area contributed by atoms with E-state index in [0.29, 0.717) is 12.2 Å². The lowest BCUT2D eigenvalue weighted by atomic mass is 10.1. The largest absolute Gasteiger partial charge is 0.373 e. The Morgan fingerprint density at radius 3 is 2.10 bits per heavy atom. The quantitative estimate of drug-likeness (QED) is 0.556. The number of hydrogen-bond donors (Lipinski definition) is 0. The molecule has 0 aromatic carbocycles. The molecule has 2 heteroatoms. The third-order valence-corrected chi connectivity index (χ3v) is 1.55. The standard InChI is InChI=1S/C8H16O2/c1-6-7(5-9-6)10-8(2,3)4/h6-7H,5H2,1-4H3. The molecule has 1 heterocycles. The monoisotopic (exact) mass is 144 g/mol. The first-order valence-electron chi connectivity index (χ1n) is 3.78. The minimum absolute atomic E-state index is 0.0251. The molecule has 0 saturated carbocycles. The van der Waals surface area contributed by atoms with Gasteiger partial charge in [-0.2, -0.15) is 0 Å². The van der Waals surface area contributed by atoms with Crippen molar-refractivity contribution in [1.29, 1.82) is 0 Å². The van der Waals surface area contributed by atoms with Crippen molar-refractivity contribution >= 4 is 0 Å². The first kappa shape index (κ1) is 8.02. The van der Waals surface area contributed by atoms with Crippen LogP contribution in [0.25, 0.3) is 0 Å². The van der Waals surface area contributed by atoms with Crippen molar-refractivity contribution in [2.24, 2.45) is 0 Å². The molecule has 1 saturated heterocycles. The van der Waals surface area contributed by atoms with Gasteiger partial charge in [-0.3, -0.25) is 0 Å². The summed E-state index contributed by atoms with van der Waals surface area (Å²) in [6.45, 7) is 9.01. The van der Waals surface area contributed by atoms with Gasteiger partial charge in [-0.1, -0.05) is 0 Å². The Balaban J connectivity index is 2.26. The van der Waals surface area contributed by atoms with Crippen molar-refractivity contribution in [2.75, 3.05) is 6.61 Å². The second kappa shape index (κ2) is 2.51. The molecular weight excluding hydrogens is 128 g/mol. The smallest absolute Gasteiger partial charge is 0.107 e. The van der Waals surface area contributed by atoms with Crippen molar-refractivity contribution in [3.8, 4) is 0 Å². The predicted octanol–water partition coefficient (Wildman–Crippen LogP) is 1.59. The van der Waals surface area contributed by atoms with E-state index >= 15 is 0 Å². The van der Waals surface area contributed by atoms with Gasteiger partial charge in [0.1, 0.15) is 6.10 Å². The second-order valence-corrected chi connectivity index (χ2v) is 3.81. The predicted molar refractivity (Wildman–Crippen MR) is 40.0 cm³/mol. The number of ether oxygens (including phenoxy) is 2. The molecule has 1 aliphatic heterocycles. The highest BCUT2D eigenvalue weighted by Crippen LogP contribution is 2.21. The molecule has 0 radical (unpaired) electrons. The van der Waals surface area contributed by atoms with Crippen LogP contribution in [-0.4, -0.2) is 24.4 Å². The molecule has 2 atom stereocenters. The van der Waals surface area contributed by atoms with E-state index in [1.165, 1.54) is 0 Å². The SMILES string of the molecule is CC1OCC1OC(C)(C)C. The fraction of sp³-hybridized carbons (Fsp3) is 1.00. The molecule has 2 nitrogen and oxygen atoms in total.